The Hall–Kier alpha value is -1.75. The highest BCUT2D eigenvalue weighted by Crippen LogP contribution is 2.33. The van der Waals surface area contributed by atoms with Crippen LogP contribution in [0.2, 0.25) is 15.1 Å². The Balaban J connectivity index is 1.86. The Morgan fingerprint density at radius 3 is 2.48 bits per heavy atom. The molecule has 120 valence electrons. The Morgan fingerprint density at radius 1 is 1.13 bits per heavy atom. The molecule has 0 aromatic heterocycles. The van der Waals surface area contributed by atoms with E-state index < -0.39 is 5.91 Å². The zero-order valence-corrected chi connectivity index (χ0v) is 14.4. The minimum absolute atomic E-state index is 0.247. The van der Waals surface area contributed by atoms with Crippen molar-refractivity contribution in [3.05, 3.63) is 62.6 Å². The third kappa shape index (κ3) is 5.43. The molecule has 1 N–H and O–H groups in total. The third-order valence-corrected chi connectivity index (χ3v) is 3.83. The number of carbonyl (C=O) groups excluding carboxylic acids is 1. The average molecular weight is 372 g/mol. The number of nitrogens with zero attached hydrogens (tertiary/aromatic N) is 1. The van der Waals surface area contributed by atoms with Gasteiger partial charge in [-0.15, -0.1) is 0 Å². The molecule has 0 atom stereocenters. The average Bonchev–Trinajstić information content (AvgIpc) is 2.51. The molecule has 0 spiro atoms. The Labute approximate surface area is 149 Å². The molecule has 0 aliphatic carbocycles. The van der Waals surface area contributed by atoms with E-state index in [4.69, 9.17) is 39.5 Å². The zero-order chi connectivity index (χ0) is 16.8. The van der Waals surface area contributed by atoms with Crippen LogP contribution in [0.25, 0.3) is 0 Å². The van der Waals surface area contributed by atoms with Crippen LogP contribution in [0.1, 0.15) is 11.1 Å². The van der Waals surface area contributed by atoms with E-state index in [0.29, 0.717) is 10.0 Å². The number of hydrazone groups is 1. The molecule has 7 heteroatoms. The number of amides is 1. The molecule has 2 aromatic rings. The van der Waals surface area contributed by atoms with Crippen molar-refractivity contribution in [2.75, 3.05) is 6.61 Å². The lowest BCUT2D eigenvalue weighted by atomic mass is 10.2. The van der Waals surface area contributed by atoms with Gasteiger partial charge in [0.15, 0.2) is 6.61 Å². The van der Waals surface area contributed by atoms with Gasteiger partial charge in [-0.3, -0.25) is 4.79 Å². The summed E-state index contributed by atoms with van der Waals surface area (Å²) in [6.45, 7) is 1.75. The maximum Gasteiger partial charge on any atom is 0.277 e. The molecule has 1 amide bonds. The molecule has 0 saturated carbocycles. The van der Waals surface area contributed by atoms with Gasteiger partial charge in [0.2, 0.25) is 0 Å². The van der Waals surface area contributed by atoms with Gasteiger partial charge in [0.1, 0.15) is 5.75 Å². The lowest BCUT2D eigenvalue weighted by molar-refractivity contribution is -0.123. The van der Waals surface area contributed by atoms with Gasteiger partial charge in [0.05, 0.1) is 21.3 Å². The topological polar surface area (TPSA) is 50.7 Å². The Bertz CT molecular complexity index is 731. The van der Waals surface area contributed by atoms with Crippen LogP contribution in [0, 0.1) is 6.92 Å². The van der Waals surface area contributed by atoms with Crippen LogP contribution in [0.5, 0.6) is 5.75 Å². The fourth-order valence-corrected chi connectivity index (χ4v) is 2.21. The molecule has 4 nitrogen and oxygen atoms in total. The molecular weight excluding hydrogens is 359 g/mol. The van der Waals surface area contributed by atoms with Gasteiger partial charge >= 0.3 is 0 Å². The second kappa shape index (κ2) is 8.20. The highest BCUT2D eigenvalue weighted by Gasteiger charge is 2.09. The van der Waals surface area contributed by atoms with E-state index in [0.717, 1.165) is 11.1 Å². The van der Waals surface area contributed by atoms with Crippen molar-refractivity contribution in [3.63, 3.8) is 0 Å². The molecule has 0 aliphatic heterocycles. The normalized spacial score (nSPS) is 10.8. The van der Waals surface area contributed by atoms with Crippen LogP contribution >= 0.6 is 34.8 Å². The number of hydrogen-bond acceptors (Lipinski definition) is 3. The summed E-state index contributed by atoms with van der Waals surface area (Å²) in [7, 11) is 0. The molecule has 23 heavy (non-hydrogen) atoms. The number of nitrogens with one attached hydrogen (secondary N) is 1. The number of halogens is 3. The maximum atomic E-state index is 11.7. The second-order valence-corrected chi connectivity index (χ2v) is 5.91. The molecule has 0 aliphatic rings. The molecule has 0 saturated heterocycles. The summed E-state index contributed by atoms with van der Waals surface area (Å²) in [5.74, 6) is -0.144. The summed E-state index contributed by atoms with van der Waals surface area (Å²) in [5, 5.41) is 4.74. The predicted molar refractivity (Wildman–Crippen MR) is 93.9 cm³/mol. The first-order valence-electron chi connectivity index (χ1n) is 6.61. The quantitative estimate of drug-likeness (QED) is 0.478. The maximum absolute atomic E-state index is 11.7. The fourth-order valence-electron chi connectivity index (χ4n) is 1.62. The van der Waals surface area contributed by atoms with Crippen molar-refractivity contribution >= 4 is 46.9 Å². The standard InChI is InChI=1S/C16H13Cl3N2O2/c1-10-2-4-11(5-3-10)8-20-21-16(22)9-23-15-7-13(18)12(17)6-14(15)19/h2-8H,9H2,1H3,(H,21,22)/b20-8+. The molecule has 0 fully saturated rings. The van der Waals surface area contributed by atoms with Gasteiger partial charge in [-0.2, -0.15) is 5.10 Å². The molecular formula is C16H13Cl3N2O2. The molecule has 2 rings (SSSR count). The molecule has 0 heterocycles. The van der Waals surface area contributed by atoms with Crippen LogP contribution in [0.4, 0.5) is 0 Å². The minimum Gasteiger partial charge on any atom is -0.482 e. The Kier molecular flexibility index (Phi) is 6.28. The van der Waals surface area contributed by atoms with Crippen LogP contribution in [-0.2, 0) is 4.79 Å². The monoisotopic (exact) mass is 370 g/mol. The summed E-state index contributed by atoms with van der Waals surface area (Å²) < 4.78 is 5.29. The van der Waals surface area contributed by atoms with E-state index >= 15 is 0 Å². The van der Waals surface area contributed by atoms with Crippen molar-refractivity contribution in [3.8, 4) is 5.75 Å². The second-order valence-electron chi connectivity index (χ2n) is 4.69. The smallest absolute Gasteiger partial charge is 0.277 e. The van der Waals surface area contributed by atoms with Crippen molar-refractivity contribution in [2.45, 2.75) is 6.92 Å². The van der Waals surface area contributed by atoms with E-state index in [9.17, 15) is 4.79 Å². The van der Waals surface area contributed by atoms with Crippen LogP contribution in [-0.4, -0.2) is 18.7 Å². The fraction of sp³-hybridized carbons (Fsp3) is 0.125. The minimum atomic E-state index is -0.421. The lowest BCUT2D eigenvalue weighted by Gasteiger charge is -2.08. The van der Waals surface area contributed by atoms with Gasteiger partial charge in [0.25, 0.3) is 5.91 Å². The van der Waals surface area contributed by atoms with E-state index in [1.54, 1.807) is 6.21 Å². The lowest BCUT2D eigenvalue weighted by Crippen LogP contribution is -2.24. The number of hydrogen-bond donors (Lipinski definition) is 1. The van der Waals surface area contributed by atoms with Crippen molar-refractivity contribution in [1.29, 1.82) is 0 Å². The number of aryl methyl sites for hydroxylation is 1. The highest BCUT2D eigenvalue weighted by atomic mass is 35.5. The van der Waals surface area contributed by atoms with E-state index in [2.05, 4.69) is 10.5 Å². The molecule has 0 bridgehead atoms. The van der Waals surface area contributed by atoms with Gasteiger partial charge in [-0.25, -0.2) is 5.43 Å². The van der Waals surface area contributed by atoms with Crippen LogP contribution in [0.3, 0.4) is 0 Å². The summed E-state index contributed by atoms with van der Waals surface area (Å²) >= 11 is 17.6. The zero-order valence-electron chi connectivity index (χ0n) is 12.1. The largest absolute Gasteiger partial charge is 0.482 e. The summed E-state index contributed by atoms with van der Waals surface area (Å²) in [4.78, 5) is 11.7. The summed E-state index contributed by atoms with van der Waals surface area (Å²) in [6, 6.07) is 10.6. The summed E-state index contributed by atoms with van der Waals surface area (Å²) in [6.07, 6.45) is 1.55. The number of ether oxygens (including phenoxy) is 1. The first-order valence-corrected chi connectivity index (χ1v) is 7.75. The van der Waals surface area contributed by atoms with Crippen LogP contribution in [0.15, 0.2) is 41.5 Å². The van der Waals surface area contributed by atoms with Gasteiger partial charge in [-0.1, -0.05) is 64.6 Å². The first-order chi connectivity index (χ1) is 11.0. The van der Waals surface area contributed by atoms with E-state index in [-0.39, 0.29) is 17.4 Å². The number of carbonyl (C=O) groups is 1. The van der Waals surface area contributed by atoms with Crippen LogP contribution < -0.4 is 10.2 Å². The highest BCUT2D eigenvalue weighted by molar-refractivity contribution is 6.43. The van der Waals surface area contributed by atoms with Crippen molar-refractivity contribution in [1.82, 2.24) is 5.43 Å². The van der Waals surface area contributed by atoms with Crippen molar-refractivity contribution in [2.24, 2.45) is 5.10 Å². The number of benzene rings is 2. The predicted octanol–water partition coefficient (Wildman–Crippen LogP) is 4.48. The number of rotatable bonds is 5. The van der Waals surface area contributed by atoms with Gasteiger partial charge < -0.3 is 4.74 Å². The van der Waals surface area contributed by atoms with Gasteiger partial charge in [-0.05, 0) is 18.6 Å². The Morgan fingerprint density at radius 2 is 1.78 bits per heavy atom. The van der Waals surface area contributed by atoms with E-state index in [1.165, 1.54) is 12.1 Å². The molecule has 2 aromatic carbocycles. The third-order valence-electron chi connectivity index (χ3n) is 2.81. The van der Waals surface area contributed by atoms with Gasteiger partial charge in [0, 0.05) is 6.07 Å². The van der Waals surface area contributed by atoms with Crippen molar-refractivity contribution < 1.29 is 9.53 Å². The molecule has 0 unspecified atom stereocenters. The van der Waals surface area contributed by atoms with E-state index in [1.807, 2.05) is 31.2 Å². The summed E-state index contributed by atoms with van der Waals surface area (Å²) in [5.41, 5.74) is 4.39. The SMILES string of the molecule is Cc1ccc(/C=N/NC(=O)COc2cc(Cl)c(Cl)cc2Cl)cc1. The molecule has 0 radical (unpaired) electrons. The first kappa shape index (κ1) is 17.6.